The zero-order valence-electron chi connectivity index (χ0n) is 45.8. The van der Waals surface area contributed by atoms with E-state index in [0.717, 1.165) is 72.3 Å². The highest BCUT2D eigenvalue weighted by atomic mass is 32.2. The summed E-state index contributed by atoms with van der Waals surface area (Å²) in [5.74, 6) is -1.07. The molecule has 2 heterocycles. The molecule has 20 heteroatoms. The molecule has 4 N–H and O–H groups in total. The van der Waals surface area contributed by atoms with Crippen LogP contribution in [0.1, 0.15) is 152 Å². The zero-order chi connectivity index (χ0) is 55.9. The fraction of sp³-hybridized carbons (Fsp3) is 0.536. The summed E-state index contributed by atoms with van der Waals surface area (Å²) in [6.07, 6.45) is 7.96. The van der Waals surface area contributed by atoms with Gasteiger partial charge in [-0.2, -0.15) is 20.8 Å². The maximum atomic E-state index is 13.5. The van der Waals surface area contributed by atoms with Crippen LogP contribution in [-0.2, 0) is 32.2 Å². The van der Waals surface area contributed by atoms with Gasteiger partial charge in [0.1, 0.15) is 35.5 Å². The lowest BCUT2D eigenvalue weighted by Gasteiger charge is -2.19. The quantitative estimate of drug-likeness (QED) is 0.0158. The van der Waals surface area contributed by atoms with Crippen LogP contribution in [0.15, 0.2) is 76.2 Å². The molecule has 410 valence electrons. The van der Waals surface area contributed by atoms with Crippen molar-refractivity contribution < 1.29 is 29.3 Å². The number of nitrogens with zero attached hydrogens (tertiary/aromatic N) is 8. The number of aromatic nitrogens is 2. The monoisotopic (exact) mass is 1080 g/mol. The van der Waals surface area contributed by atoms with E-state index < -0.39 is 23.3 Å². The number of carbonyl (C=O) groups is 2. The van der Waals surface area contributed by atoms with Crippen LogP contribution in [0.3, 0.4) is 0 Å². The van der Waals surface area contributed by atoms with Crippen LogP contribution in [0, 0.1) is 62.2 Å². The number of pyridine rings is 2. The highest BCUT2D eigenvalue weighted by Crippen LogP contribution is 2.32. The predicted molar refractivity (Wildman–Crippen MR) is 298 cm³/mol. The maximum Gasteiger partial charge on any atom is 0.306 e. The number of aromatic hydroxyl groups is 2. The number of nitrogens with one attached hydrogen (secondary N) is 2. The molecule has 0 saturated carbocycles. The third-order valence-electron chi connectivity index (χ3n) is 13.1. The van der Waals surface area contributed by atoms with Crippen LogP contribution in [0.2, 0.25) is 0 Å². The molecular formula is C56H76N10O8S2. The van der Waals surface area contributed by atoms with Gasteiger partial charge in [0.25, 0.3) is 11.1 Å². The zero-order valence-corrected chi connectivity index (χ0v) is 47.5. The van der Waals surface area contributed by atoms with E-state index in [4.69, 9.17) is 9.47 Å². The molecule has 4 rings (SSSR count). The van der Waals surface area contributed by atoms with Gasteiger partial charge in [0.05, 0.1) is 11.4 Å². The summed E-state index contributed by atoms with van der Waals surface area (Å²) in [4.78, 5) is 54.1. The average Bonchev–Trinajstić information content (AvgIpc) is 3.38. The number of rotatable bonds is 31. The molecule has 0 aliphatic rings. The van der Waals surface area contributed by atoms with E-state index in [9.17, 15) is 39.9 Å². The Morgan fingerprint density at radius 1 is 0.632 bits per heavy atom. The van der Waals surface area contributed by atoms with E-state index in [0.29, 0.717) is 37.3 Å². The van der Waals surface area contributed by atoms with Crippen LogP contribution in [0.4, 0.5) is 22.7 Å². The second-order valence-corrected chi connectivity index (χ2v) is 21.1. The number of aryl methyl sites for hydroxylation is 2. The number of unbranched alkanes of at least 4 members (excludes halogenated alkanes) is 3. The number of benzene rings is 2. The molecule has 4 atom stereocenters. The fourth-order valence-corrected chi connectivity index (χ4v) is 9.96. The molecular weight excluding hydrogens is 1000 g/mol. The normalized spacial score (nSPS) is 13.1. The molecule has 2 aromatic heterocycles. The molecule has 2 aromatic carbocycles. The number of carbonyl (C=O) groups excluding carboxylic acids is 2. The molecule has 4 aromatic rings. The van der Waals surface area contributed by atoms with Crippen molar-refractivity contribution in [2.75, 3.05) is 13.1 Å². The van der Waals surface area contributed by atoms with Gasteiger partial charge in [-0.25, -0.2) is 0 Å². The van der Waals surface area contributed by atoms with Crippen molar-refractivity contribution in [1.29, 1.82) is 10.5 Å². The highest BCUT2D eigenvalue weighted by Gasteiger charge is 2.23. The first-order chi connectivity index (χ1) is 36.4. The molecule has 76 heavy (non-hydrogen) atoms. The summed E-state index contributed by atoms with van der Waals surface area (Å²) in [6, 6.07) is 15.0. The summed E-state index contributed by atoms with van der Waals surface area (Å²) in [6.45, 7) is 20.2. The second-order valence-electron chi connectivity index (χ2n) is 19.2. The molecule has 0 saturated heterocycles. The van der Waals surface area contributed by atoms with E-state index >= 15 is 0 Å². The first kappa shape index (κ1) is 62.2. The molecule has 0 fully saturated rings. The molecule has 0 aliphatic heterocycles. The standard InChI is InChI=1S/C56H76N10O8S2/c1-11-15-19-41(13-3)33-65-53(69)45(29-57)39(9)51(55(65)71)63-61-43-23-25-47(35(5)27-43)75-59-31-37(7)73-49(67)21-17-18-22-50(68)74-38(8)32-60-76-48-26-24-44(28-36(48)6)62-64-52-40(10)46(30-58)54(70)66(56(52)72)34-42(14-4)20-16-12-2/h23-28,37-38,41-42,59-60,69-70H,11-22,31-34H2,1-10H3. The SMILES string of the molecule is CCCCC(CC)Cn1c(O)c(C#N)c(C)c(N=Nc2ccc(SNCC(C)OC(=O)CCCCC(=O)OC(C)CNSc3ccc(N=Nc4c(C)c(C#N)c(O)n(CC(CC)CCCC)c4=O)cc3C)c(C)c2)c1=O. The first-order valence-corrected chi connectivity index (χ1v) is 28.0. The maximum absolute atomic E-state index is 13.5. The van der Waals surface area contributed by atoms with Crippen LogP contribution < -0.4 is 20.6 Å². The molecule has 0 aliphatic carbocycles. The Bertz CT molecular complexity index is 2700. The molecule has 0 radical (unpaired) electrons. The van der Waals surface area contributed by atoms with Gasteiger partial charge >= 0.3 is 11.9 Å². The van der Waals surface area contributed by atoms with E-state index in [1.54, 1.807) is 39.8 Å². The third-order valence-corrected chi connectivity index (χ3v) is 15.1. The van der Waals surface area contributed by atoms with Gasteiger partial charge in [-0.15, -0.1) is 10.2 Å². The summed E-state index contributed by atoms with van der Waals surface area (Å²) < 4.78 is 20.1. The van der Waals surface area contributed by atoms with Gasteiger partial charge in [0.2, 0.25) is 11.8 Å². The second kappa shape index (κ2) is 31.7. The minimum absolute atomic E-state index is 0.00703. The number of esters is 2. The number of nitriles is 2. The van der Waals surface area contributed by atoms with Crippen LogP contribution in [0.5, 0.6) is 11.8 Å². The van der Waals surface area contributed by atoms with Gasteiger partial charge in [0.15, 0.2) is 11.4 Å². The fourth-order valence-electron chi connectivity index (χ4n) is 8.30. The van der Waals surface area contributed by atoms with E-state index in [1.807, 2.05) is 64.1 Å². The van der Waals surface area contributed by atoms with Gasteiger partial charge < -0.3 is 19.7 Å². The third kappa shape index (κ3) is 18.2. The van der Waals surface area contributed by atoms with Crippen LogP contribution in [-0.4, -0.2) is 56.6 Å². The molecule has 0 spiro atoms. The Morgan fingerprint density at radius 2 is 1.01 bits per heavy atom. The van der Waals surface area contributed by atoms with Gasteiger partial charge in [0, 0.05) is 59.9 Å². The Hall–Kier alpha value is -6.32. The van der Waals surface area contributed by atoms with Crippen molar-refractivity contribution in [1.82, 2.24) is 18.6 Å². The lowest BCUT2D eigenvalue weighted by Crippen LogP contribution is -2.25. The smallest absolute Gasteiger partial charge is 0.306 e. The minimum atomic E-state index is -0.489. The minimum Gasteiger partial charge on any atom is -0.493 e. The summed E-state index contributed by atoms with van der Waals surface area (Å²) in [5, 5.41) is 58.5. The molecule has 18 nitrogen and oxygen atoms in total. The topological polar surface area (TPSA) is 258 Å². The number of hydrogen-bond acceptors (Lipinski definition) is 18. The number of azo groups is 2. The highest BCUT2D eigenvalue weighted by molar-refractivity contribution is 7.97. The number of ether oxygens (including phenoxy) is 2. The number of hydrogen-bond donors (Lipinski definition) is 4. The van der Waals surface area contributed by atoms with Crippen LogP contribution in [0.25, 0.3) is 0 Å². The summed E-state index contributed by atoms with van der Waals surface area (Å²) in [5.41, 5.74) is 2.43. The van der Waals surface area contributed by atoms with E-state index in [-0.39, 0.29) is 95.1 Å². The largest absolute Gasteiger partial charge is 0.493 e. The predicted octanol–water partition coefficient (Wildman–Crippen LogP) is 13.0. The summed E-state index contributed by atoms with van der Waals surface area (Å²) in [7, 11) is 0. The van der Waals surface area contributed by atoms with Crippen molar-refractivity contribution >= 4 is 58.6 Å². The van der Waals surface area contributed by atoms with Gasteiger partial charge in [-0.3, -0.25) is 37.8 Å². The Morgan fingerprint density at radius 3 is 1.34 bits per heavy atom. The van der Waals surface area contributed by atoms with Crippen molar-refractivity contribution in [2.24, 2.45) is 32.3 Å². The van der Waals surface area contributed by atoms with E-state index in [1.165, 1.54) is 33.0 Å². The first-order valence-electron chi connectivity index (χ1n) is 26.4. The van der Waals surface area contributed by atoms with Crippen molar-refractivity contribution in [3.63, 3.8) is 0 Å². The Kier molecular flexibility index (Phi) is 25.9. The van der Waals surface area contributed by atoms with Crippen LogP contribution >= 0.6 is 23.9 Å². The van der Waals surface area contributed by atoms with Crippen molar-refractivity contribution in [3.05, 3.63) is 90.5 Å². The molecule has 4 unspecified atom stereocenters. The van der Waals surface area contributed by atoms with E-state index in [2.05, 4.69) is 43.7 Å². The van der Waals surface area contributed by atoms with Gasteiger partial charge in [-0.1, -0.05) is 66.2 Å². The average molecular weight is 1080 g/mol. The van der Waals surface area contributed by atoms with Crippen molar-refractivity contribution in [3.8, 4) is 23.9 Å². The Labute approximate surface area is 456 Å². The lowest BCUT2D eigenvalue weighted by atomic mass is 9.99. The van der Waals surface area contributed by atoms with Gasteiger partial charge in [-0.05, 0) is 150 Å². The lowest BCUT2D eigenvalue weighted by molar-refractivity contribution is -0.150. The Balaban J connectivity index is 1.16. The van der Waals surface area contributed by atoms with Crippen molar-refractivity contribution in [2.45, 2.75) is 181 Å². The summed E-state index contributed by atoms with van der Waals surface area (Å²) >= 11 is 2.75. The molecule has 0 amide bonds. The molecule has 0 bridgehead atoms.